The summed E-state index contributed by atoms with van der Waals surface area (Å²) in [4.78, 5) is 26.0. The number of halogens is 1. The lowest BCUT2D eigenvalue weighted by atomic mass is 10.0. The Kier molecular flexibility index (Phi) is 3.31. The number of methoxy groups -OCH3 is 1. The van der Waals surface area contributed by atoms with Crippen molar-refractivity contribution in [1.29, 1.82) is 0 Å². The zero-order valence-electron chi connectivity index (χ0n) is 11.9. The van der Waals surface area contributed by atoms with Gasteiger partial charge in [-0.25, -0.2) is 4.39 Å². The van der Waals surface area contributed by atoms with Crippen LogP contribution in [0.3, 0.4) is 0 Å². The average Bonchev–Trinajstić information content (AvgIpc) is 3.28. The van der Waals surface area contributed by atoms with E-state index in [1.54, 1.807) is 13.0 Å². The number of benzene rings is 1. The topological polar surface area (TPSA) is 58.6 Å². The molecule has 2 unspecified atom stereocenters. The number of hydrogen-bond acceptors (Lipinski definition) is 3. The molecule has 1 aliphatic carbocycles. The molecule has 6 heteroatoms. The minimum absolute atomic E-state index is 0.110. The first-order chi connectivity index (χ1) is 10.0. The Bertz CT molecular complexity index is 601. The fourth-order valence-corrected chi connectivity index (χ4v) is 2.70. The molecule has 0 bridgehead atoms. The molecule has 0 aromatic heterocycles. The molecule has 1 aromatic rings. The van der Waals surface area contributed by atoms with E-state index in [1.165, 1.54) is 24.1 Å². The Hall–Kier alpha value is -2.11. The van der Waals surface area contributed by atoms with E-state index in [-0.39, 0.29) is 23.5 Å². The minimum atomic E-state index is -0.653. The molecule has 0 spiro atoms. The molecule has 3 rings (SSSR count). The molecule has 2 amide bonds. The Morgan fingerprint density at radius 1 is 1.33 bits per heavy atom. The summed E-state index contributed by atoms with van der Waals surface area (Å²) in [6.07, 6.45) is 1.88. The third kappa shape index (κ3) is 2.34. The van der Waals surface area contributed by atoms with E-state index in [4.69, 9.17) is 4.74 Å². The van der Waals surface area contributed by atoms with Gasteiger partial charge in [0.2, 0.25) is 5.91 Å². The van der Waals surface area contributed by atoms with Crippen molar-refractivity contribution >= 4 is 17.5 Å². The van der Waals surface area contributed by atoms with Gasteiger partial charge in [0.15, 0.2) is 11.6 Å². The molecule has 1 N–H and O–H groups in total. The number of nitrogens with zero attached hydrogens (tertiary/aromatic N) is 1. The maximum atomic E-state index is 13.9. The van der Waals surface area contributed by atoms with Gasteiger partial charge in [0.1, 0.15) is 12.1 Å². The number of piperazine rings is 1. The molecule has 1 aromatic carbocycles. The first-order valence-corrected chi connectivity index (χ1v) is 7.00. The van der Waals surface area contributed by atoms with Crippen LogP contribution < -0.4 is 15.0 Å². The Balaban J connectivity index is 1.95. The largest absolute Gasteiger partial charge is 0.494 e. The van der Waals surface area contributed by atoms with Gasteiger partial charge in [-0.2, -0.15) is 0 Å². The van der Waals surface area contributed by atoms with Gasteiger partial charge in [0.25, 0.3) is 5.91 Å². The fraction of sp³-hybridized carbons (Fsp3) is 0.467. The molecule has 2 atom stereocenters. The van der Waals surface area contributed by atoms with Crippen molar-refractivity contribution in [2.24, 2.45) is 5.92 Å². The quantitative estimate of drug-likeness (QED) is 0.917. The molecule has 1 aliphatic heterocycles. The van der Waals surface area contributed by atoms with Crippen LogP contribution in [0.4, 0.5) is 10.1 Å². The van der Waals surface area contributed by atoms with Crippen LogP contribution in [0, 0.1) is 11.7 Å². The predicted molar refractivity (Wildman–Crippen MR) is 74.6 cm³/mol. The molecule has 1 heterocycles. The van der Waals surface area contributed by atoms with Gasteiger partial charge in [-0.1, -0.05) is 0 Å². The number of ether oxygens (including phenoxy) is 1. The fourth-order valence-electron chi connectivity index (χ4n) is 2.70. The second-order valence-corrected chi connectivity index (χ2v) is 5.53. The highest BCUT2D eigenvalue weighted by atomic mass is 19.1. The first kappa shape index (κ1) is 13.9. The van der Waals surface area contributed by atoms with Gasteiger partial charge in [-0.3, -0.25) is 14.5 Å². The van der Waals surface area contributed by atoms with Crippen molar-refractivity contribution in [1.82, 2.24) is 5.32 Å². The van der Waals surface area contributed by atoms with Crippen LogP contribution in [0.2, 0.25) is 0 Å². The Morgan fingerprint density at radius 2 is 2.05 bits per heavy atom. The summed E-state index contributed by atoms with van der Waals surface area (Å²) in [6.45, 7) is 1.64. The van der Waals surface area contributed by atoms with Crippen molar-refractivity contribution < 1.29 is 18.7 Å². The molecule has 2 aliphatic rings. The average molecular weight is 292 g/mol. The molecule has 0 radical (unpaired) electrons. The molecular weight excluding hydrogens is 275 g/mol. The van der Waals surface area contributed by atoms with Crippen LogP contribution in [0.1, 0.15) is 19.8 Å². The third-order valence-electron chi connectivity index (χ3n) is 4.07. The van der Waals surface area contributed by atoms with Crippen molar-refractivity contribution in [2.45, 2.75) is 31.8 Å². The van der Waals surface area contributed by atoms with E-state index < -0.39 is 17.9 Å². The van der Waals surface area contributed by atoms with Crippen LogP contribution in [-0.4, -0.2) is 31.0 Å². The molecule has 2 fully saturated rings. The summed E-state index contributed by atoms with van der Waals surface area (Å²) >= 11 is 0. The van der Waals surface area contributed by atoms with E-state index in [0.29, 0.717) is 5.69 Å². The van der Waals surface area contributed by atoms with Crippen LogP contribution in [-0.2, 0) is 9.59 Å². The Morgan fingerprint density at radius 3 is 2.62 bits per heavy atom. The van der Waals surface area contributed by atoms with E-state index >= 15 is 0 Å². The van der Waals surface area contributed by atoms with Crippen LogP contribution >= 0.6 is 0 Å². The summed E-state index contributed by atoms with van der Waals surface area (Å²) in [5.74, 6) is -0.612. The normalized spacial score (nSPS) is 25.8. The molecule has 112 valence electrons. The number of rotatable bonds is 3. The van der Waals surface area contributed by atoms with Gasteiger partial charge in [0, 0.05) is 11.8 Å². The van der Waals surface area contributed by atoms with Gasteiger partial charge in [-0.15, -0.1) is 0 Å². The lowest BCUT2D eigenvalue weighted by Crippen LogP contribution is -2.63. The van der Waals surface area contributed by atoms with Gasteiger partial charge >= 0.3 is 0 Å². The van der Waals surface area contributed by atoms with E-state index in [2.05, 4.69) is 5.32 Å². The van der Waals surface area contributed by atoms with Crippen LogP contribution in [0.25, 0.3) is 0 Å². The van der Waals surface area contributed by atoms with Crippen LogP contribution in [0.5, 0.6) is 5.75 Å². The second-order valence-electron chi connectivity index (χ2n) is 5.53. The highest BCUT2D eigenvalue weighted by Crippen LogP contribution is 2.36. The summed E-state index contributed by atoms with van der Waals surface area (Å²) in [6, 6.07) is 3.15. The lowest BCUT2D eigenvalue weighted by Gasteiger charge is -2.37. The standard InChI is InChI=1S/C15H17FN2O3/c1-8-14(19)17-13(9-3-4-9)15(20)18(8)10-5-6-12(21-2)11(16)7-10/h5-9,13H,3-4H2,1-2H3,(H,17,19). The van der Waals surface area contributed by atoms with Crippen molar-refractivity contribution in [3.05, 3.63) is 24.0 Å². The van der Waals surface area contributed by atoms with Crippen LogP contribution in [0.15, 0.2) is 18.2 Å². The number of carbonyl (C=O) groups excluding carboxylic acids is 2. The highest BCUT2D eigenvalue weighted by Gasteiger charge is 2.46. The van der Waals surface area contributed by atoms with Gasteiger partial charge in [-0.05, 0) is 37.8 Å². The predicted octanol–water partition coefficient (Wildman–Crippen LogP) is 1.46. The van der Waals surface area contributed by atoms with E-state index in [9.17, 15) is 14.0 Å². The van der Waals surface area contributed by atoms with Crippen molar-refractivity contribution in [3.8, 4) is 5.75 Å². The zero-order chi connectivity index (χ0) is 15.1. The molecule has 21 heavy (non-hydrogen) atoms. The molecule has 1 saturated heterocycles. The maximum Gasteiger partial charge on any atom is 0.250 e. The first-order valence-electron chi connectivity index (χ1n) is 7.00. The lowest BCUT2D eigenvalue weighted by molar-refractivity contribution is -0.134. The zero-order valence-corrected chi connectivity index (χ0v) is 11.9. The van der Waals surface area contributed by atoms with Crippen molar-refractivity contribution in [2.75, 3.05) is 12.0 Å². The maximum absolute atomic E-state index is 13.9. The molecule has 1 saturated carbocycles. The second kappa shape index (κ2) is 5.02. The number of nitrogens with one attached hydrogen (secondary N) is 1. The summed E-state index contributed by atoms with van der Waals surface area (Å²) in [5.41, 5.74) is 0.381. The summed E-state index contributed by atoms with van der Waals surface area (Å²) < 4.78 is 18.7. The minimum Gasteiger partial charge on any atom is -0.494 e. The number of anilines is 1. The third-order valence-corrected chi connectivity index (χ3v) is 4.07. The van der Waals surface area contributed by atoms with Gasteiger partial charge in [0.05, 0.1) is 7.11 Å². The smallest absolute Gasteiger partial charge is 0.250 e. The SMILES string of the molecule is COc1ccc(N2C(=O)C(C3CC3)NC(=O)C2C)cc1F. The number of amides is 2. The van der Waals surface area contributed by atoms with E-state index in [0.717, 1.165) is 12.8 Å². The van der Waals surface area contributed by atoms with Crippen molar-refractivity contribution in [3.63, 3.8) is 0 Å². The van der Waals surface area contributed by atoms with E-state index in [1.807, 2.05) is 0 Å². The summed E-state index contributed by atoms with van der Waals surface area (Å²) in [7, 11) is 1.38. The Labute approximate surface area is 122 Å². The number of carbonyl (C=O) groups is 2. The highest BCUT2D eigenvalue weighted by molar-refractivity contribution is 6.08. The van der Waals surface area contributed by atoms with Gasteiger partial charge < -0.3 is 10.1 Å². The monoisotopic (exact) mass is 292 g/mol. The molecule has 5 nitrogen and oxygen atoms in total. The molecular formula is C15H17FN2O3. The number of hydrogen-bond donors (Lipinski definition) is 1. The summed E-state index contributed by atoms with van der Waals surface area (Å²) in [5, 5.41) is 2.77.